The Kier molecular flexibility index (Phi) is 9.06. The van der Waals surface area contributed by atoms with Crippen LogP contribution in [0, 0.1) is 0 Å². The summed E-state index contributed by atoms with van der Waals surface area (Å²) in [4.78, 5) is 13.0. The van der Waals surface area contributed by atoms with Crippen molar-refractivity contribution in [3.63, 3.8) is 0 Å². The van der Waals surface area contributed by atoms with Crippen LogP contribution < -0.4 is 4.72 Å². The maximum absolute atomic E-state index is 13.3. The Bertz CT molecular complexity index is 1010. The number of sulfonamides is 1. The summed E-state index contributed by atoms with van der Waals surface area (Å²) in [6, 6.07) is 11.9. The first-order chi connectivity index (χ1) is 15.0. The number of esters is 1. The van der Waals surface area contributed by atoms with Crippen LogP contribution >= 0.6 is 0 Å². The standard InChI is InChI=1S/C22H29F3N2O4S/c1-4-14-27(16(3)5-2)20(13-15-31-21(28)22(23,24)25)26-32(29,30)19-12-8-10-17-9-6-7-11-18(17)19/h6-12,16,20,26H,4-5,13-15H2,1-3H3/t16-,20?/m1/s1. The van der Waals surface area contributed by atoms with Gasteiger partial charge in [-0.25, -0.2) is 13.2 Å². The van der Waals surface area contributed by atoms with Gasteiger partial charge in [-0.1, -0.05) is 50.2 Å². The smallest absolute Gasteiger partial charge is 0.459 e. The number of ether oxygens (including phenoxy) is 1. The average molecular weight is 475 g/mol. The van der Waals surface area contributed by atoms with E-state index in [9.17, 15) is 26.4 Å². The lowest BCUT2D eigenvalue weighted by atomic mass is 10.1. The van der Waals surface area contributed by atoms with Gasteiger partial charge in [0.05, 0.1) is 17.7 Å². The first-order valence-electron chi connectivity index (χ1n) is 10.5. The molecule has 2 aromatic rings. The molecule has 0 aromatic heterocycles. The molecule has 2 aromatic carbocycles. The van der Waals surface area contributed by atoms with Gasteiger partial charge in [-0.05, 0) is 37.8 Å². The van der Waals surface area contributed by atoms with Crippen molar-refractivity contribution < 1.29 is 31.1 Å². The fourth-order valence-corrected chi connectivity index (χ4v) is 4.96. The summed E-state index contributed by atoms with van der Waals surface area (Å²) < 4.78 is 71.0. The lowest BCUT2D eigenvalue weighted by Gasteiger charge is -2.36. The average Bonchev–Trinajstić information content (AvgIpc) is 2.75. The van der Waals surface area contributed by atoms with Crippen LogP contribution in [0.3, 0.4) is 0 Å². The first-order valence-corrected chi connectivity index (χ1v) is 12.0. The van der Waals surface area contributed by atoms with Gasteiger partial charge in [0.2, 0.25) is 10.0 Å². The second-order valence-electron chi connectivity index (χ2n) is 7.53. The minimum atomic E-state index is -5.10. The normalized spacial score (nSPS) is 14.5. The Morgan fingerprint density at radius 1 is 1.12 bits per heavy atom. The maximum atomic E-state index is 13.3. The molecule has 0 amide bonds. The monoisotopic (exact) mass is 474 g/mol. The van der Waals surface area contributed by atoms with Crippen LogP contribution in [0.2, 0.25) is 0 Å². The highest BCUT2D eigenvalue weighted by atomic mass is 32.2. The van der Waals surface area contributed by atoms with Crippen molar-refractivity contribution in [3.05, 3.63) is 42.5 Å². The number of carbonyl (C=O) groups excluding carboxylic acids is 1. The number of carbonyl (C=O) groups is 1. The molecule has 0 aliphatic rings. The molecule has 0 fully saturated rings. The topological polar surface area (TPSA) is 75.7 Å². The van der Waals surface area contributed by atoms with Crippen molar-refractivity contribution in [1.29, 1.82) is 0 Å². The number of fused-ring (bicyclic) bond motifs is 1. The summed E-state index contributed by atoms with van der Waals surface area (Å²) in [5, 5.41) is 1.29. The van der Waals surface area contributed by atoms with Crippen molar-refractivity contribution >= 4 is 26.8 Å². The van der Waals surface area contributed by atoms with Gasteiger partial charge >= 0.3 is 12.1 Å². The van der Waals surface area contributed by atoms with Gasteiger partial charge in [0.15, 0.2) is 0 Å². The molecule has 32 heavy (non-hydrogen) atoms. The highest BCUT2D eigenvalue weighted by Gasteiger charge is 2.41. The quantitative estimate of drug-likeness (QED) is 0.385. The number of alkyl halides is 3. The molecular formula is C22H29F3N2O4S. The summed E-state index contributed by atoms with van der Waals surface area (Å²) >= 11 is 0. The number of nitrogens with one attached hydrogen (secondary N) is 1. The Morgan fingerprint density at radius 3 is 2.41 bits per heavy atom. The van der Waals surface area contributed by atoms with Gasteiger partial charge in [-0.2, -0.15) is 17.9 Å². The van der Waals surface area contributed by atoms with E-state index in [1.54, 1.807) is 36.4 Å². The summed E-state index contributed by atoms with van der Waals surface area (Å²) in [7, 11) is -4.02. The Balaban J connectivity index is 2.34. The summed E-state index contributed by atoms with van der Waals surface area (Å²) in [6.07, 6.45) is -4.67. The molecule has 178 valence electrons. The molecule has 1 unspecified atom stereocenters. The van der Waals surface area contributed by atoms with Crippen molar-refractivity contribution in [2.45, 2.75) is 63.3 Å². The molecular weight excluding hydrogens is 445 g/mol. The van der Waals surface area contributed by atoms with Gasteiger partial charge in [-0.15, -0.1) is 0 Å². The van der Waals surface area contributed by atoms with E-state index in [2.05, 4.69) is 9.46 Å². The van der Waals surface area contributed by atoms with Gasteiger partial charge in [0.1, 0.15) is 0 Å². The lowest BCUT2D eigenvalue weighted by molar-refractivity contribution is -0.200. The van der Waals surface area contributed by atoms with E-state index in [-0.39, 0.29) is 17.4 Å². The number of halogens is 3. The molecule has 0 spiro atoms. The van der Waals surface area contributed by atoms with Crippen LogP contribution in [0.15, 0.2) is 47.4 Å². The van der Waals surface area contributed by atoms with E-state index in [4.69, 9.17) is 0 Å². The van der Waals surface area contributed by atoms with E-state index in [0.717, 1.165) is 5.39 Å². The van der Waals surface area contributed by atoms with Crippen LogP contribution in [0.1, 0.15) is 40.0 Å². The SMILES string of the molecule is CCCN(C(CCOC(=O)C(F)(F)F)NS(=O)(=O)c1cccc2ccccc12)[C@H](C)CC. The van der Waals surface area contributed by atoms with Crippen LogP contribution in [0.25, 0.3) is 10.8 Å². The molecule has 6 nitrogen and oxygen atoms in total. The second kappa shape index (κ2) is 11.1. The Morgan fingerprint density at radius 2 is 1.78 bits per heavy atom. The molecule has 0 bridgehead atoms. The molecule has 0 saturated heterocycles. The number of hydrogen-bond acceptors (Lipinski definition) is 5. The molecule has 0 radical (unpaired) electrons. The molecule has 0 saturated carbocycles. The minimum Gasteiger partial charge on any atom is -0.459 e. The van der Waals surface area contributed by atoms with Gasteiger partial charge in [0.25, 0.3) is 0 Å². The highest BCUT2D eigenvalue weighted by molar-refractivity contribution is 7.89. The number of nitrogens with zero attached hydrogens (tertiary/aromatic N) is 1. The summed E-state index contributed by atoms with van der Waals surface area (Å²) in [6.45, 7) is 5.72. The van der Waals surface area contributed by atoms with Crippen LogP contribution in [0.5, 0.6) is 0 Å². The van der Waals surface area contributed by atoms with Crippen molar-refractivity contribution in [3.8, 4) is 0 Å². The minimum absolute atomic E-state index is 0.0477. The van der Waals surface area contributed by atoms with E-state index in [0.29, 0.717) is 24.8 Å². The van der Waals surface area contributed by atoms with E-state index >= 15 is 0 Å². The second-order valence-corrected chi connectivity index (χ2v) is 9.21. The number of hydrogen-bond donors (Lipinski definition) is 1. The predicted octanol–water partition coefficient (Wildman–Crippen LogP) is 4.45. The zero-order valence-corrected chi connectivity index (χ0v) is 19.2. The fourth-order valence-electron chi connectivity index (χ4n) is 3.49. The molecule has 2 atom stereocenters. The Hall–Kier alpha value is -2.17. The molecule has 0 aliphatic heterocycles. The number of benzene rings is 2. The first kappa shape index (κ1) is 26.1. The highest BCUT2D eigenvalue weighted by Crippen LogP contribution is 2.24. The zero-order chi connectivity index (χ0) is 23.9. The zero-order valence-electron chi connectivity index (χ0n) is 18.4. The number of rotatable bonds is 11. The van der Waals surface area contributed by atoms with Crippen LogP contribution in [0.4, 0.5) is 13.2 Å². The fraction of sp³-hybridized carbons (Fsp3) is 0.500. The molecule has 0 aliphatic carbocycles. The van der Waals surface area contributed by atoms with Crippen molar-refractivity contribution in [1.82, 2.24) is 9.62 Å². The van der Waals surface area contributed by atoms with Crippen LogP contribution in [-0.2, 0) is 19.6 Å². The van der Waals surface area contributed by atoms with Crippen molar-refractivity contribution in [2.24, 2.45) is 0 Å². The predicted molar refractivity (Wildman–Crippen MR) is 116 cm³/mol. The van der Waals surface area contributed by atoms with E-state index < -0.39 is 34.9 Å². The van der Waals surface area contributed by atoms with Gasteiger partial charge in [0, 0.05) is 17.8 Å². The lowest BCUT2D eigenvalue weighted by Crippen LogP contribution is -2.52. The Labute approximate surface area is 186 Å². The molecule has 10 heteroatoms. The molecule has 1 N–H and O–H groups in total. The molecule has 2 rings (SSSR count). The van der Waals surface area contributed by atoms with Crippen LogP contribution in [-0.4, -0.2) is 50.8 Å². The third-order valence-corrected chi connectivity index (χ3v) is 6.74. The van der Waals surface area contributed by atoms with Gasteiger partial charge < -0.3 is 4.74 Å². The van der Waals surface area contributed by atoms with Gasteiger partial charge in [-0.3, -0.25) is 4.90 Å². The van der Waals surface area contributed by atoms with E-state index in [1.165, 1.54) is 6.07 Å². The summed E-state index contributed by atoms with van der Waals surface area (Å²) in [5.41, 5.74) is 0. The third kappa shape index (κ3) is 6.66. The third-order valence-electron chi connectivity index (χ3n) is 5.23. The van der Waals surface area contributed by atoms with Crippen molar-refractivity contribution in [2.75, 3.05) is 13.2 Å². The molecule has 0 heterocycles. The van der Waals surface area contributed by atoms with E-state index in [1.807, 2.05) is 25.7 Å². The maximum Gasteiger partial charge on any atom is 0.490 e. The summed E-state index contributed by atoms with van der Waals surface area (Å²) in [5.74, 6) is -2.29. The largest absolute Gasteiger partial charge is 0.490 e.